The van der Waals surface area contributed by atoms with Gasteiger partial charge in [0.15, 0.2) is 11.5 Å². The van der Waals surface area contributed by atoms with E-state index in [0.717, 1.165) is 0 Å². The fourth-order valence-electron chi connectivity index (χ4n) is 3.11. The summed E-state index contributed by atoms with van der Waals surface area (Å²) in [6, 6.07) is 7.83. The van der Waals surface area contributed by atoms with E-state index in [1.165, 1.54) is 19.2 Å². The van der Waals surface area contributed by atoms with Gasteiger partial charge in [-0.3, -0.25) is 10.4 Å². The highest BCUT2D eigenvalue weighted by atomic mass is 16.8. The third-order valence-electron chi connectivity index (χ3n) is 4.18. The number of hydrogen-bond donors (Lipinski definition) is 2. The van der Waals surface area contributed by atoms with Crippen molar-refractivity contribution in [3.05, 3.63) is 35.9 Å². The van der Waals surface area contributed by atoms with Crippen LogP contribution in [-0.4, -0.2) is 30.3 Å². The number of carbonyl (C=O) groups excluding carboxylic acids is 1. The molecule has 25 heavy (non-hydrogen) atoms. The summed E-state index contributed by atoms with van der Waals surface area (Å²) in [5.74, 6) is -0.357. The molecule has 0 radical (unpaired) electrons. The van der Waals surface area contributed by atoms with Gasteiger partial charge < -0.3 is 24.1 Å². The number of fused-ring (bicyclic) bond motifs is 5. The van der Waals surface area contributed by atoms with Gasteiger partial charge in [-0.2, -0.15) is 0 Å². The average Bonchev–Trinajstić information content (AvgIpc) is 3.07. The van der Waals surface area contributed by atoms with E-state index in [0.29, 0.717) is 27.7 Å². The van der Waals surface area contributed by atoms with E-state index in [-0.39, 0.29) is 34.4 Å². The standard InChI is InChI=1S/C17H13NO7/c1-23-9-3-2-8-4-12(18(21)22)14-11(17(19)20)6-13-16(25-7-24-13)15(14)10(8)5-9/h2-6,21-22H,7H2,1H3,(H,19,20)/p-1. The van der Waals surface area contributed by atoms with E-state index in [4.69, 9.17) is 14.2 Å². The van der Waals surface area contributed by atoms with Crippen LogP contribution in [0.25, 0.3) is 21.5 Å². The molecule has 0 amide bonds. The molecule has 1 aliphatic heterocycles. The van der Waals surface area contributed by atoms with E-state index in [1.54, 1.807) is 18.2 Å². The molecular weight excluding hydrogens is 330 g/mol. The van der Waals surface area contributed by atoms with Gasteiger partial charge in [0.25, 0.3) is 0 Å². The molecule has 4 rings (SSSR count). The average molecular weight is 342 g/mol. The summed E-state index contributed by atoms with van der Waals surface area (Å²) in [7, 11) is 1.51. The maximum atomic E-state index is 11.6. The van der Waals surface area contributed by atoms with Gasteiger partial charge in [-0.25, -0.2) is 0 Å². The van der Waals surface area contributed by atoms with Crippen LogP contribution in [-0.2, 0) is 0 Å². The number of carboxylic acid groups (broad SMARTS) is 1. The van der Waals surface area contributed by atoms with Crippen molar-refractivity contribution in [2.75, 3.05) is 19.1 Å². The van der Waals surface area contributed by atoms with Crippen molar-refractivity contribution < 1.29 is 34.5 Å². The Kier molecular flexibility index (Phi) is 3.31. The zero-order valence-corrected chi connectivity index (χ0v) is 13.0. The number of rotatable bonds is 3. The van der Waals surface area contributed by atoms with Crippen molar-refractivity contribution >= 4 is 33.2 Å². The Hall–Kier alpha value is -3.23. The number of aromatic carboxylic acids is 1. The lowest BCUT2D eigenvalue weighted by atomic mass is 9.95. The first-order valence-electron chi connectivity index (χ1n) is 7.27. The van der Waals surface area contributed by atoms with Crippen LogP contribution < -0.4 is 24.5 Å². The predicted octanol–water partition coefficient (Wildman–Crippen LogP) is 1.68. The van der Waals surface area contributed by atoms with Gasteiger partial charge in [0, 0.05) is 16.3 Å². The topological polar surface area (TPSA) is 112 Å². The monoisotopic (exact) mass is 342 g/mol. The van der Waals surface area contributed by atoms with Crippen LogP contribution in [0.5, 0.6) is 17.2 Å². The summed E-state index contributed by atoms with van der Waals surface area (Å²) in [5, 5.41) is 32.4. The second-order valence-electron chi connectivity index (χ2n) is 5.47. The normalized spacial score (nSPS) is 12.6. The molecule has 0 unspecified atom stereocenters. The highest BCUT2D eigenvalue weighted by Gasteiger charge is 2.25. The maximum Gasteiger partial charge on any atom is 0.231 e. The second kappa shape index (κ2) is 5.40. The van der Waals surface area contributed by atoms with Gasteiger partial charge >= 0.3 is 0 Å². The highest BCUT2D eigenvalue weighted by Crippen LogP contribution is 2.47. The number of carboxylic acids is 1. The fraction of sp³-hybridized carbons (Fsp3) is 0.118. The molecule has 128 valence electrons. The number of hydrogen-bond acceptors (Lipinski definition) is 8. The minimum atomic E-state index is -1.48. The van der Waals surface area contributed by atoms with Crippen molar-refractivity contribution in [2.45, 2.75) is 0 Å². The summed E-state index contributed by atoms with van der Waals surface area (Å²) in [4.78, 5) is 11.6. The lowest BCUT2D eigenvalue weighted by Crippen LogP contribution is -2.23. The molecule has 8 heteroatoms. The zero-order chi connectivity index (χ0) is 17.7. The number of nitrogens with zero attached hydrogens (tertiary/aromatic N) is 1. The summed E-state index contributed by atoms with van der Waals surface area (Å²) in [6.45, 7) is -0.0708. The van der Waals surface area contributed by atoms with E-state index in [1.807, 2.05) is 0 Å². The van der Waals surface area contributed by atoms with Crippen LogP contribution in [0, 0.1) is 0 Å². The van der Waals surface area contributed by atoms with E-state index in [9.17, 15) is 20.3 Å². The number of carbonyl (C=O) groups is 1. The largest absolute Gasteiger partial charge is 0.545 e. The van der Waals surface area contributed by atoms with Gasteiger partial charge in [-0.1, -0.05) is 6.07 Å². The molecule has 1 heterocycles. The molecule has 1 aliphatic rings. The summed E-state index contributed by atoms with van der Waals surface area (Å²) in [5.41, 5.74) is -0.364. The van der Waals surface area contributed by atoms with E-state index in [2.05, 4.69) is 0 Å². The smallest absolute Gasteiger partial charge is 0.231 e. The first kappa shape index (κ1) is 15.3. The molecule has 3 aromatic carbocycles. The lowest BCUT2D eigenvalue weighted by molar-refractivity contribution is -0.254. The number of methoxy groups -OCH3 is 1. The van der Waals surface area contributed by atoms with Crippen molar-refractivity contribution in [3.63, 3.8) is 0 Å². The van der Waals surface area contributed by atoms with Crippen LogP contribution >= 0.6 is 0 Å². The third-order valence-corrected chi connectivity index (χ3v) is 4.18. The molecule has 0 spiro atoms. The SMILES string of the molecule is COc1ccc2cc(N(O)O)c3c(C(=O)[O-])cc4c(c3c2c1)OCO4. The van der Waals surface area contributed by atoms with Crippen molar-refractivity contribution in [1.29, 1.82) is 0 Å². The number of anilines is 1. The lowest BCUT2D eigenvalue weighted by Gasteiger charge is -2.19. The molecule has 0 saturated heterocycles. The highest BCUT2D eigenvalue weighted by molar-refractivity contribution is 6.22. The first-order chi connectivity index (χ1) is 12.0. The Morgan fingerprint density at radius 3 is 2.68 bits per heavy atom. The van der Waals surface area contributed by atoms with Crippen LogP contribution in [0.1, 0.15) is 10.4 Å². The number of benzene rings is 3. The van der Waals surface area contributed by atoms with Crippen molar-refractivity contribution in [1.82, 2.24) is 0 Å². The van der Waals surface area contributed by atoms with Gasteiger partial charge in [-0.05, 0) is 35.0 Å². The summed E-state index contributed by atoms with van der Waals surface area (Å²) in [6.07, 6.45) is 0. The maximum absolute atomic E-state index is 11.6. The Bertz CT molecular complexity index is 1030. The first-order valence-corrected chi connectivity index (χ1v) is 7.27. The Morgan fingerprint density at radius 2 is 2.00 bits per heavy atom. The minimum absolute atomic E-state index is 0.0648. The predicted molar refractivity (Wildman–Crippen MR) is 84.5 cm³/mol. The summed E-state index contributed by atoms with van der Waals surface area (Å²) >= 11 is 0. The van der Waals surface area contributed by atoms with Crippen LogP contribution in [0.2, 0.25) is 0 Å². The van der Waals surface area contributed by atoms with Gasteiger partial charge in [0.1, 0.15) is 11.4 Å². The quantitative estimate of drug-likeness (QED) is 0.546. The molecule has 0 aromatic heterocycles. The minimum Gasteiger partial charge on any atom is -0.545 e. The van der Waals surface area contributed by atoms with Crippen LogP contribution in [0.4, 0.5) is 5.69 Å². The van der Waals surface area contributed by atoms with Gasteiger partial charge in [0.05, 0.1) is 13.1 Å². The molecule has 0 bridgehead atoms. The van der Waals surface area contributed by atoms with Crippen molar-refractivity contribution in [2.24, 2.45) is 0 Å². The Morgan fingerprint density at radius 1 is 1.20 bits per heavy atom. The Balaban J connectivity index is 2.28. The van der Waals surface area contributed by atoms with E-state index >= 15 is 0 Å². The molecule has 0 saturated carbocycles. The van der Waals surface area contributed by atoms with Crippen LogP contribution in [0.15, 0.2) is 30.3 Å². The molecule has 2 N–H and O–H groups in total. The zero-order valence-electron chi connectivity index (χ0n) is 13.0. The molecular formula is C17H12NO7-. The fourth-order valence-corrected chi connectivity index (χ4v) is 3.11. The van der Waals surface area contributed by atoms with Gasteiger partial charge in [0.2, 0.25) is 6.79 Å². The van der Waals surface area contributed by atoms with Crippen molar-refractivity contribution in [3.8, 4) is 17.2 Å². The Labute approximate surface area is 140 Å². The molecule has 0 fully saturated rings. The summed E-state index contributed by atoms with van der Waals surface area (Å²) < 4.78 is 16.1. The molecule has 8 nitrogen and oxygen atoms in total. The number of ether oxygens (including phenoxy) is 3. The van der Waals surface area contributed by atoms with Crippen LogP contribution in [0.3, 0.4) is 0 Å². The van der Waals surface area contributed by atoms with E-state index < -0.39 is 5.97 Å². The molecule has 0 atom stereocenters. The van der Waals surface area contributed by atoms with Gasteiger partial charge in [-0.15, -0.1) is 5.23 Å². The molecule has 3 aromatic rings. The molecule has 0 aliphatic carbocycles. The second-order valence-corrected chi connectivity index (χ2v) is 5.47. The third kappa shape index (κ3) is 2.19.